The largest absolute Gasteiger partial charge is 0.469 e. The Morgan fingerprint density at radius 1 is 1.00 bits per heavy atom. The van der Waals surface area contributed by atoms with Crippen LogP contribution < -0.4 is 4.80 Å². The summed E-state index contributed by atoms with van der Waals surface area (Å²) in [4.78, 5) is 58.5. The third kappa shape index (κ3) is 6.65. The molecule has 1 N–H and O–H groups in total. The average molecular weight is 541 g/mol. The van der Waals surface area contributed by atoms with Gasteiger partial charge in [0.1, 0.15) is 0 Å². The number of methoxy groups -OCH3 is 2. The van der Waals surface area contributed by atoms with Gasteiger partial charge in [0.2, 0.25) is 11.8 Å². The molecule has 3 heterocycles. The molecule has 2 aromatic heterocycles. The van der Waals surface area contributed by atoms with Gasteiger partial charge in [-0.05, 0) is 43.5 Å². The fourth-order valence-corrected chi connectivity index (χ4v) is 5.66. The van der Waals surface area contributed by atoms with Gasteiger partial charge in [0.25, 0.3) is 0 Å². The Hall–Kier alpha value is -3.57. The number of rotatable bonds is 9. The van der Waals surface area contributed by atoms with Crippen LogP contribution in [0.2, 0.25) is 0 Å². The third-order valence-electron chi connectivity index (χ3n) is 6.82. The summed E-state index contributed by atoms with van der Waals surface area (Å²) >= 11 is 1.19. The summed E-state index contributed by atoms with van der Waals surface area (Å²) in [5, 5.41) is 3.09. The average Bonchev–Trinajstić information content (AvgIpc) is 3.54. The number of fused-ring (bicyclic) bond motifs is 1. The normalized spacial score (nSPS) is 15.1. The quantitative estimate of drug-likeness (QED) is 0.413. The zero-order chi connectivity index (χ0) is 27.1. The molecule has 0 bridgehead atoms. The number of benzene rings is 1. The number of likely N-dealkylation sites (tertiary alicyclic amines) is 1. The monoisotopic (exact) mass is 540 g/mol. The van der Waals surface area contributed by atoms with E-state index in [9.17, 15) is 19.2 Å². The van der Waals surface area contributed by atoms with Crippen LogP contribution in [0.1, 0.15) is 60.5 Å². The predicted octanol–water partition coefficient (Wildman–Crippen LogP) is 3.38. The second kappa shape index (κ2) is 12.8. The first kappa shape index (κ1) is 27.5. The van der Waals surface area contributed by atoms with Crippen molar-refractivity contribution in [3.8, 4) is 0 Å². The highest BCUT2D eigenvalue weighted by Gasteiger charge is 2.25. The van der Waals surface area contributed by atoms with Crippen LogP contribution in [0.4, 0.5) is 0 Å². The predicted molar refractivity (Wildman–Crippen MR) is 142 cm³/mol. The molecule has 0 radical (unpaired) electrons. The van der Waals surface area contributed by atoms with E-state index in [2.05, 4.69) is 48.7 Å². The number of aromatic nitrogens is 2. The van der Waals surface area contributed by atoms with Gasteiger partial charge in [-0.1, -0.05) is 18.2 Å². The van der Waals surface area contributed by atoms with Crippen molar-refractivity contribution in [2.75, 3.05) is 27.3 Å². The smallest absolute Gasteiger partial charge is 0.306 e. The first-order valence-electron chi connectivity index (χ1n) is 12.6. The van der Waals surface area contributed by atoms with Crippen molar-refractivity contribution in [1.29, 1.82) is 0 Å². The molecule has 0 unspecified atom stereocenters. The number of nitrogens with zero attached hydrogens (tertiary/aromatic N) is 3. The molecule has 1 aromatic carbocycles. The summed E-state index contributed by atoms with van der Waals surface area (Å²) in [6.45, 7) is 2.24. The minimum absolute atomic E-state index is 0.0661. The van der Waals surface area contributed by atoms with Crippen molar-refractivity contribution >= 4 is 46.0 Å². The maximum atomic E-state index is 13.1. The fraction of sp³-hybridized carbons (Fsp3) is 0.444. The number of ether oxygens (including phenoxy) is 2. The van der Waals surface area contributed by atoms with E-state index in [0.29, 0.717) is 12.5 Å². The highest BCUT2D eigenvalue weighted by Crippen LogP contribution is 2.33. The molecule has 38 heavy (non-hydrogen) atoms. The number of para-hydroxylation sites is 1. The standard InChI is InChI=1S/C27H32N4O6S/c1-36-25(34)9-7-23(32)29-27-31(24(33)8-10-26(35)37-2)19(17-38-27)16-30-13-11-18(12-14-30)21-15-28-22-6-4-3-5-20(21)22/h3-6,15,17-18,28H,7-14,16H2,1-2H3. The molecule has 4 rings (SSSR count). The number of carbonyl (C=O) groups is 4. The highest BCUT2D eigenvalue weighted by molar-refractivity contribution is 7.07. The van der Waals surface area contributed by atoms with Crippen LogP contribution in [0.15, 0.2) is 40.8 Å². The minimum Gasteiger partial charge on any atom is -0.469 e. The molecule has 0 saturated carbocycles. The minimum atomic E-state index is -0.516. The second-order valence-corrected chi connectivity index (χ2v) is 10.1. The topological polar surface area (TPSA) is 123 Å². The van der Waals surface area contributed by atoms with E-state index in [1.54, 1.807) is 0 Å². The molecule has 0 atom stereocenters. The number of hydrogen-bond donors (Lipinski definition) is 1. The lowest BCUT2D eigenvalue weighted by Gasteiger charge is -2.32. The van der Waals surface area contributed by atoms with Gasteiger partial charge < -0.3 is 14.5 Å². The van der Waals surface area contributed by atoms with E-state index in [-0.39, 0.29) is 36.4 Å². The number of piperidine rings is 1. The van der Waals surface area contributed by atoms with Crippen molar-refractivity contribution in [3.63, 3.8) is 0 Å². The van der Waals surface area contributed by atoms with Crippen molar-refractivity contribution < 1.29 is 28.7 Å². The SMILES string of the molecule is COC(=O)CCC(=O)N=c1scc(CN2CCC(c3c[nH]c4ccccc34)CC2)n1C(=O)CCC(=O)OC. The van der Waals surface area contributed by atoms with Crippen LogP contribution in [0, 0.1) is 0 Å². The molecular formula is C27H32N4O6S. The summed E-state index contributed by atoms with van der Waals surface area (Å²) < 4.78 is 10.7. The Balaban J connectivity index is 1.48. The molecule has 10 nitrogen and oxygen atoms in total. The van der Waals surface area contributed by atoms with Crippen LogP contribution in [0.3, 0.4) is 0 Å². The van der Waals surface area contributed by atoms with Gasteiger partial charge in [0.15, 0.2) is 4.80 Å². The number of H-pyrrole nitrogens is 1. The summed E-state index contributed by atoms with van der Waals surface area (Å²) in [6, 6.07) is 8.33. The Morgan fingerprint density at radius 3 is 2.39 bits per heavy atom. The number of carbonyl (C=O) groups excluding carboxylic acids is 4. The van der Waals surface area contributed by atoms with Crippen LogP contribution in [0.25, 0.3) is 10.9 Å². The van der Waals surface area contributed by atoms with Gasteiger partial charge in [0, 0.05) is 41.9 Å². The number of amides is 1. The van der Waals surface area contributed by atoms with Crippen molar-refractivity contribution in [2.24, 2.45) is 4.99 Å². The number of nitrogens with one attached hydrogen (secondary N) is 1. The van der Waals surface area contributed by atoms with Gasteiger partial charge in [-0.15, -0.1) is 11.3 Å². The molecule has 11 heteroatoms. The summed E-state index contributed by atoms with van der Waals surface area (Å²) in [5.74, 6) is -1.38. The van der Waals surface area contributed by atoms with Gasteiger partial charge in [-0.3, -0.25) is 28.6 Å². The molecule has 1 aliphatic rings. The summed E-state index contributed by atoms with van der Waals surface area (Å²) in [6.07, 6.45) is 3.77. The molecule has 3 aromatic rings. The van der Waals surface area contributed by atoms with E-state index in [0.717, 1.165) is 37.1 Å². The van der Waals surface area contributed by atoms with E-state index in [1.165, 1.54) is 41.1 Å². The number of thiazole rings is 1. The summed E-state index contributed by atoms with van der Waals surface area (Å²) in [7, 11) is 2.53. The molecule has 202 valence electrons. The number of esters is 2. The zero-order valence-corrected chi connectivity index (χ0v) is 22.4. The van der Waals surface area contributed by atoms with Crippen LogP contribution >= 0.6 is 11.3 Å². The Morgan fingerprint density at radius 2 is 1.68 bits per heavy atom. The van der Waals surface area contributed by atoms with Crippen molar-refractivity contribution in [3.05, 3.63) is 51.9 Å². The van der Waals surface area contributed by atoms with Crippen molar-refractivity contribution in [1.82, 2.24) is 14.5 Å². The maximum Gasteiger partial charge on any atom is 0.306 e. The molecule has 1 aliphatic heterocycles. The second-order valence-electron chi connectivity index (χ2n) is 9.24. The van der Waals surface area contributed by atoms with E-state index < -0.39 is 17.8 Å². The van der Waals surface area contributed by atoms with Crippen LogP contribution in [0.5, 0.6) is 0 Å². The first-order valence-corrected chi connectivity index (χ1v) is 13.5. The van der Waals surface area contributed by atoms with Gasteiger partial charge >= 0.3 is 11.9 Å². The lowest BCUT2D eigenvalue weighted by atomic mass is 9.89. The lowest BCUT2D eigenvalue weighted by molar-refractivity contribution is -0.142. The third-order valence-corrected chi connectivity index (χ3v) is 7.70. The molecular weight excluding hydrogens is 508 g/mol. The van der Waals surface area contributed by atoms with E-state index >= 15 is 0 Å². The summed E-state index contributed by atoms with van der Waals surface area (Å²) in [5.41, 5.74) is 3.21. The molecule has 1 fully saturated rings. The van der Waals surface area contributed by atoms with E-state index in [4.69, 9.17) is 0 Å². The maximum absolute atomic E-state index is 13.1. The number of aromatic amines is 1. The Labute approximate surface area is 224 Å². The van der Waals surface area contributed by atoms with Crippen LogP contribution in [-0.2, 0) is 30.4 Å². The lowest BCUT2D eigenvalue weighted by Crippen LogP contribution is -2.35. The molecule has 1 saturated heterocycles. The number of hydrogen-bond acceptors (Lipinski definition) is 8. The Bertz CT molecular complexity index is 1380. The first-order chi connectivity index (χ1) is 18.4. The fourth-order valence-electron chi connectivity index (χ4n) is 4.76. The van der Waals surface area contributed by atoms with Gasteiger partial charge in [0.05, 0.1) is 32.8 Å². The van der Waals surface area contributed by atoms with Crippen molar-refractivity contribution in [2.45, 2.75) is 51.0 Å². The molecule has 0 aliphatic carbocycles. The van der Waals surface area contributed by atoms with E-state index in [1.807, 2.05) is 11.4 Å². The zero-order valence-electron chi connectivity index (χ0n) is 21.6. The molecule has 0 spiro atoms. The highest BCUT2D eigenvalue weighted by atomic mass is 32.1. The van der Waals surface area contributed by atoms with Gasteiger partial charge in [-0.2, -0.15) is 4.99 Å². The van der Waals surface area contributed by atoms with Crippen LogP contribution in [-0.4, -0.2) is 65.5 Å². The van der Waals surface area contributed by atoms with Gasteiger partial charge in [-0.25, -0.2) is 0 Å². The Kier molecular flexibility index (Phi) is 9.24. The molecule has 1 amide bonds.